The minimum atomic E-state index is -0.0655. The van der Waals surface area contributed by atoms with Gasteiger partial charge in [0.1, 0.15) is 0 Å². The molecule has 5 heteroatoms. The molecule has 4 nitrogen and oxygen atoms in total. The average molecular weight is 341 g/mol. The number of benzene rings is 1. The van der Waals surface area contributed by atoms with Crippen LogP contribution < -0.4 is 4.90 Å². The molecule has 0 bridgehead atoms. The molecule has 0 radical (unpaired) electrons. The number of rotatable bonds is 6. The van der Waals surface area contributed by atoms with Gasteiger partial charge in [-0.1, -0.05) is 12.1 Å². The maximum atomic E-state index is 12.0. The van der Waals surface area contributed by atoms with Crippen molar-refractivity contribution in [1.82, 2.24) is 4.90 Å². The van der Waals surface area contributed by atoms with Crippen molar-refractivity contribution in [3.05, 3.63) is 28.7 Å². The van der Waals surface area contributed by atoms with Crippen LogP contribution in [0.15, 0.2) is 28.7 Å². The highest BCUT2D eigenvalue weighted by molar-refractivity contribution is 9.10. The SMILES string of the molecule is CCN(CC)C(=O)CCN(C(C)=O)c1ccccc1Br. The molecule has 0 fully saturated rings. The number of nitrogens with zero attached hydrogens (tertiary/aromatic N) is 2. The smallest absolute Gasteiger partial charge is 0.224 e. The first-order chi connectivity index (χ1) is 9.51. The Balaban J connectivity index is 2.78. The van der Waals surface area contributed by atoms with E-state index < -0.39 is 0 Å². The second-order valence-electron chi connectivity index (χ2n) is 4.44. The molecule has 0 N–H and O–H groups in total. The molecule has 0 atom stereocenters. The van der Waals surface area contributed by atoms with Crippen molar-refractivity contribution < 1.29 is 9.59 Å². The number of para-hydroxylation sites is 1. The maximum Gasteiger partial charge on any atom is 0.224 e. The van der Waals surface area contributed by atoms with Crippen LogP contribution in [0.5, 0.6) is 0 Å². The fourth-order valence-corrected chi connectivity index (χ4v) is 2.56. The Labute approximate surface area is 128 Å². The standard InChI is InChI=1S/C15H21BrN2O2/c1-4-17(5-2)15(20)10-11-18(12(3)19)14-9-7-6-8-13(14)16/h6-9H,4-5,10-11H2,1-3H3. The lowest BCUT2D eigenvalue weighted by atomic mass is 10.2. The molecular weight excluding hydrogens is 320 g/mol. The summed E-state index contributed by atoms with van der Waals surface area (Å²) in [6, 6.07) is 7.53. The summed E-state index contributed by atoms with van der Waals surface area (Å²) in [5, 5.41) is 0. The summed E-state index contributed by atoms with van der Waals surface area (Å²) in [4.78, 5) is 27.2. The van der Waals surface area contributed by atoms with Crippen molar-refractivity contribution in [3.8, 4) is 0 Å². The number of carbonyl (C=O) groups excluding carboxylic acids is 2. The minimum absolute atomic E-state index is 0.0655. The molecular formula is C15H21BrN2O2. The van der Waals surface area contributed by atoms with Crippen LogP contribution >= 0.6 is 15.9 Å². The fourth-order valence-electron chi connectivity index (χ4n) is 2.06. The van der Waals surface area contributed by atoms with Gasteiger partial charge in [0.25, 0.3) is 0 Å². The van der Waals surface area contributed by atoms with Crippen molar-refractivity contribution in [2.45, 2.75) is 27.2 Å². The number of carbonyl (C=O) groups is 2. The molecule has 0 aliphatic carbocycles. The van der Waals surface area contributed by atoms with Crippen LogP contribution in [0, 0.1) is 0 Å². The number of hydrogen-bond donors (Lipinski definition) is 0. The van der Waals surface area contributed by atoms with Crippen LogP contribution in [0.1, 0.15) is 27.2 Å². The molecule has 0 unspecified atom stereocenters. The summed E-state index contributed by atoms with van der Waals surface area (Å²) < 4.78 is 0.852. The van der Waals surface area contributed by atoms with E-state index in [2.05, 4.69) is 15.9 Å². The van der Waals surface area contributed by atoms with E-state index in [0.29, 0.717) is 26.1 Å². The highest BCUT2D eigenvalue weighted by Gasteiger charge is 2.17. The fraction of sp³-hybridized carbons (Fsp3) is 0.467. The third-order valence-corrected chi connectivity index (χ3v) is 3.86. The normalized spacial score (nSPS) is 10.2. The Morgan fingerprint density at radius 3 is 2.25 bits per heavy atom. The van der Waals surface area contributed by atoms with Gasteiger partial charge in [0, 0.05) is 37.5 Å². The maximum absolute atomic E-state index is 12.0. The zero-order chi connectivity index (χ0) is 15.1. The molecule has 0 heterocycles. The van der Waals surface area contributed by atoms with Gasteiger partial charge in [-0.2, -0.15) is 0 Å². The molecule has 20 heavy (non-hydrogen) atoms. The first-order valence-electron chi connectivity index (χ1n) is 6.81. The zero-order valence-electron chi connectivity index (χ0n) is 12.2. The molecule has 0 aromatic heterocycles. The van der Waals surface area contributed by atoms with Gasteiger partial charge in [-0.3, -0.25) is 9.59 Å². The monoisotopic (exact) mass is 340 g/mol. The first kappa shape index (κ1) is 16.7. The Morgan fingerprint density at radius 2 is 1.75 bits per heavy atom. The first-order valence-corrected chi connectivity index (χ1v) is 7.60. The molecule has 0 aliphatic rings. The number of hydrogen-bond acceptors (Lipinski definition) is 2. The third kappa shape index (κ3) is 4.34. The third-order valence-electron chi connectivity index (χ3n) is 3.19. The molecule has 0 saturated carbocycles. The van der Waals surface area contributed by atoms with Crippen molar-refractivity contribution in [2.75, 3.05) is 24.5 Å². The van der Waals surface area contributed by atoms with E-state index in [1.54, 1.807) is 9.80 Å². The molecule has 1 aromatic carbocycles. The van der Waals surface area contributed by atoms with E-state index in [1.807, 2.05) is 38.1 Å². The van der Waals surface area contributed by atoms with E-state index in [-0.39, 0.29) is 11.8 Å². The van der Waals surface area contributed by atoms with Crippen molar-refractivity contribution in [2.24, 2.45) is 0 Å². The predicted molar refractivity (Wildman–Crippen MR) is 84.7 cm³/mol. The van der Waals surface area contributed by atoms with E-state index in [9.17, 15) is 9.59 Å². The second-order valence-corrected chi connectivity index (χ2v) is 5.29. The lowest BCUT2D eigenvalue weighted by Gasteiger charge is -2.24. The van der Waals surface area contributed by atoms with E-state index in [4.69, 9.17) is 0 Å². The summed E-state index contributed by atoms with van der Waals surface area (Å²) >= 11 is 3.44. The number of anilines is 1. The van der Waals surface area contributed by atoms with Gasteiger partial charge in [-0.15, -0.1) is 0 Å². The summed E-state index contributed by atoms with van der Waals surface area (Å²) in [6.45, 7) is 7.22. The summed E-state index contributed by atoms with van der Waals surface area (Å²) in [6.07, 6.45) is 0.336. The second kappa shape index (κ2) is 8.04. The number of amides is 2. The Kier molecular flexibility index (Phi) is 6.71. The van der Waals surface area contributed by atoms with Gasteiger partial charge < -0.3 is 9.80 Å². The highest BCUT2D eigenvalue weighted by Crippen LogP contribution is 2.26. The van der Waals surface area contributed by atoms with Crippen LogP contribution in [-0.4, -0.2) is 36.3 Å². The van der Waals surface area contributed by atoms with Crippen LogP contribution in [0.2, 0.25) is 0 Å². The van der Waals surface area contributed by atoms with Gasteiger partial charge in [0.05, 0.1) is 5.69 Å². The van der Waals surface area contributed by atoms with Gasteiger partial charge in [0.15, 0.2) is 0 Å². The summed E-state index contributed by atoms with van der Waals surface area (Å²) in [5.74, 6) is 0.0116. The predicted octanol–water partition coefficient (Wildman–Crippen LogP) is 3.06. The van der Waals surface area contributed by atoms with Gasteiger partial charge in [-0.25, -0.2) is 0 Å². The Hall–Kier alpha value is -1.36. The van der Waals surface area contributed by atoms with E-state index in [0.717, 1.165) is 10.2 Å². The molecule has 110 valence electrons. The molecule has 0 saturated heterocycles. The Morgan fingerprint density at radius 1 is 1.15 bits per heavy atom. The lowest BCUT2D eigenvalue weighted by molar-refractivity contribution is -0.130. The zero-order valence-corrected chi connectivity index (χ0v) is 13.8. The number of halogens is 1. The van der Waals surface area contributed by atoms with Crippen molar-refractivity contribution in [3.63, 3.8) is 0 Å². The van der Waals surface area contributed by atoms with E-state index in [1.165, 1.54) is 6.92 Å². The lowest BCUT2D eigenvalue weighted by Crippen LogP contribution is -2.36. The summed E-state index contributed by atoms with van der Waals surface area (Å²) in [7, 11) is 0. The quantitative estimate of drug-likeness (QED) is 0.798. The molecule has 1 aromatic rings. The van der Waals surface area contributed by atoms with Crippen LogP contribution in [0.3, 0.4) is 0 Å². The molecule has 1 rings (SSSR count). The van der Waals surface area contributed by atoms with E-state index >= 15 is 0 Å². The summed E-state index contributed by atoms with van der Waals surface area (Å²) in [5.41, 5.74) is 0.798. The molecule has 0 aliphatic heterocycles. The van der Waals surface area contributed by atoms with Crippen LogP contribution in [-0.2, 0) is 9.59 Å². The van der Waals surface area contributed by atoms with Gasteiger partial charge in [-0.05, 0) is 41.9 Å². The van der Waals surface area contributed by atoms with Gasteiger partial charge in [0.2, 0.25) is 11.8 Å². The average Bonchev–Trinajstić information content (AvgIpc) is 2.42. The van der Waals surface area contributed by atoms with Gasteiger partial charge >= 0.3 is 0 Å². The van der Waals surface area contributed by atoms with Crippen LogP contribution in [0.4, 0.5) is 5.69 Å². The topological polar surface area (TPSA) is 40.6 Å². The highest BCUT2D eigenvalue weighted by atomic mass is 79.9. The molecule has 2 amide bonds. The molecule has 0 spiro atoms. The van der Waals surface area contributed by atoms with Crippen molar-refractivity contribution in [1.29, 1.82) is 0 Å². The Bertz CT molecular complexity index is 473. The largest absolute Gasteiger partial charge is 0.343 e. The minimum Gasteiger partial charge on any atom is -0.343 e. The van der Waals surface area contributed by atoms with Crippen LogP contribution in [0.25, 0.3) is 0 Å². The van der Waals surface area contributed by atoms with Crippen molar-refractivity contribution >= 4 is 33.4 Å².